The van der Waals surface area contributed by atoms with E-state index >= 15 is 0 Å². The number of likely N-dealkylation sites (tertiary alicyclic amines) is 1. The molecule has 6 heteroatoms. The van der Waals surface area contributed by atoms with Crippen LogP contribution >= 0.6 is 0 Å². The molecule has 0 N–H and O–H groups in total. The van der Waals surface area contributed by atoms with E-state index in [0.717, 1.165) is 19.0 Å². The molecule has 0 amide bonds. The summed E-state index contributed by atoms with van der Waals surface area (Å²) in [6.07, 6.45) is 5.86. The normalized spacial score (nSPS) is 17.4. The van der Waals surface area contributed by atoms with Crippen LogP contribution in [0, 0.1) is 12.8 Å². The largest absolute Gasteiger partial charge is 0.295 e. The fourth-order valence-electron chi connectivity index (χ4n) is 4.07. The Bertz CT molecular complexity index is 997. The highest BCUT2D eigenvalue weighted by Crippen LogP contribution is 2.29. The second-order valence-electron chi connectivity index (χ2n) is 7.83. The minimum Gasteiger partial charge on any atom is -0.295 e. The van der Waals surface area contributed by atoms with Gasteiger partial charge in [0.15, 0.2) is 5.52 Å². The van der Waals surface area contributed by atoms with Crippen molar-refractivity contribution in [3.05, 3.63) is 58.3 Å². The Kier molecular flexibility index (Phi) is 4.83. The highest BCUT2D eigenvalue weighted by molar-refractivity contribution is 5.71. The number of piperidine rings is 1. The van der Waals surface area contributed by atoms with Crippen molar-refractivity contribution >= 4 is 11.0 Å². The van der Waals surface area contributed by atoms with Crippen LogP contribution in [-0.2, 0) is 13.6 Å². The van der Waals surface area contributed by atoms with Crippen molar-refractivity contribution < 1.29 is 0 Å². The van der Waals surface area contributed by atoms with Crippen molar-refractivity contribution in [2.45, 2.75) is 39.3 Å². The monoisotopic (exact) mass is 365 g/mol. The van der Waals surface area contributed by atoms with Crippen LogP contribution in [0.1, 0.15) is 36.9 Å². The zero-order valence-corrected chi connectivity index (χ0v) is 16.3. The molecule has 0 bridgehead atoms. The Morgan fingerprint density at radius 2 is 1.96 bits per heavy atom. The summed E-state index contributed by atoms with van der Waals surface area (Å²) in [5, 5.41) is 4.30. The van der Waals surface area contributed by atoms with Gasteiger partial charge in [-0.3, -0.25) is 18.9 Å². The molecule has 27 heavy (non-hydrogen) atoms. The lowest BCUT2D eigenvalue weighted by Crippen LogP contribution is -2.39. The van der Waals surface area contributed by atoms with Gasteiger partial charge in [0.25, 0.3) is 5.56 Å². The molecule has 2 aromatic heterocycles. The lowest BCUT2D eigenvalue weighted by atomic mass is 9.94. The lowest BCUT2D eigenvalue weighted by Gasteiger charge is -2.37. The number of rotatable bonds is 4. The summed E-state index contributed by atoms with van der Waals surface area (Å²) in [6, 6.07) is 8.67. The highest BCUT2D eigenvalue weighted by atomic mass is 16.1. The first kappa shape index (κ1) is 17.9. The predicted molar refractivity (Wildman–Crippen MR) is 107 cm³/mol. The van der Waals surface area contributed by atoms with Gasteiger partial charge in [0.1, 0.15) is 5.52 Å². The minimum absolute atomic E-state index is 0.0652. The molecule has 142 valence electrons. The molecule has 6 nitrogen and oxygen atoms in total. The van der Waals surface area contributed by atoms with Gasteiger partial charge in [0, 0.05) is 13.6 Å². The van der Waals surface area contributed by atoms with Crippen molar-refractivity contribution in [1.82, 2.24) is 24.2 Å². The van der Waals surface area contributed by atoms with Gasteiger partial charge in [0.2, 0.25) is 0 Å². The fourth-order valence-corrected chi connectivity index (χ4v) is 4.07. The zero-order chi connectivity index (χ0) is 19.0. The van der Waals surface area contributed by atoms with E-state index in [-0.39, 0.29) is 11.6 Å². The third-order valence-electron chi connectivity index (χ3n) is 5.79. The molecule has 1 fully saturated rings. The third-order valence-corrected chi connectivity index (χ3v) is 5.79. The molecule has 1 atom stereocenters. The van der Waals surface area contributed by atoms with Gasteiger partial charge in [-0.05, 0) is 49.9 Å². The molecule has 3 aromatic rings. The number of hydrogen-bond donors (Lipinski definition) is 0. The Morgan fingerprint density at radius 1 is 1.22 bits per heavy atom. The van der Waals surface area contributed by atoms with E-state index < -0.39 is 0 Å². The summed E-state index contributed by atoms with van der Waals surface area (Å²) in [4.78, 5) is 19.9. The van der Waals surface area contributed by atoms with Gasteiger partial charge in [-0.2, -0.15) is 5.10 Å². The van der Waals surface area contributed by atoms with Crippen LogP contribution in [0.5, 0.6) is 0 Å². The summed E-state index contributed by atoms with van der Waals surface area (Å²) in [5.74, 6) is 0.771. The van der Waals surface area contributed by atoms with Crippen LogP contribution in [0.3, 0.4) is 0 Å². The summed E-state index contributed by atoms with van der Waals surface area (Å²) in [6.45, 7) is 7.20. The van der Waals surface area contributed by atoms with E-state index in [1.54, 1.807) is 21.8 Å². The number of nitrogens with zero attached hydrogens (tertiary/aromatic N) is 5. The molecule has 0 saturated carbocycles. The molecular formula is C21H27N5O. The predicted octanol–water partition coefficient (Wildman–Crippen LogP) is 2.91. The van der Waals surface area contributed by atoms with Crippen LogP contribution in [0.4, 0.5) is 0 Å². The second kappa shape index (κ2) is 7.27. The Hall–Kier alpha value is -2.47. The smallest absolute Gasteiger partial charge is 0.281 e. The summed E-state index contributed by atoms with van der Waals surface area (Å²) in [7, 11) is 1.82. The molecule has 0 unspecified atom stereocenters. The van der Waals surface area contributed by atoms with Gasteiger partial charge >= 0.3 is 0 Å². The zero-order valence-electron chi connectivity index (χ0n) is 16.3. The molecule has 0 aliphatic carbocycles. The molecule has 1 aliphatic heterocycles. The maximum atomic E-state index is 13.0. The van der Waals surface area contributed by atoms with Gasteiger partial charge in [0.05, 0.1) is 18.6 Å². The van der Waals surface area contributed by atoms with Crippen molar-refractivity contribution in [2.24, 2.45) is 13.0 Å². The number of benzene rings is 1. The lowest BCUT2D eigenvalue weighted by molar-refractivity contribution is 0.124. The standard InChI is InChI=1S/C21H27N5O/c1-15-8-10-25(11-9-15)19(17-7-5-4-6-16(17)2)13-26-14-22-18-12-24(3)23-20(18)21(26)27/h4-7,12,14-15,19H,8-11,13H2,1-3H3/t19-/m0/s1. The molecule has 3 heterocycles. The first-order valence-electron chi connectivity index (χ1n) is 9.71. The maximum absolute atomic E-state index is 13.0. The van der Waals surface area contributed by atoms with Crippen LogP contribution in [-0.4, -0.2) is 37.3 Å². The molecule has 1 saturated heterocycles. The van der Waals surface area contributed by atoms with Crippen LogP contribution in [0.15, 0.2) is 41.6 Å². The van der Waals surface area contributed by atoms with Crippen molar-refractivity contribution in [3.63, 3.8) is 0 Å². The summed E-state index contributed by atoms with van der Waals surface area (Å²) < 4.78 is 3.37. The summed E-state index contributed by atoms with van der Waals surface area (Å²) >= 11 is 0. The third kappa shape index (κ3) is 3.54. The Labute approximate surface area is 159 Å². The number of fused-ring (bicyclic) bond motifs is 1. The maximum Gasteiger partial charge on any atom is 0.281 e. The Morgan fingerprint density at radius 3 is 2.70 bits per heavy atom. The summed E-state index contributed by atoms with van der Waals surface area (Å²) in [5.41, 5.74) is 3.58. The Balaban J connectivity index is 1.72. The first-order chi connectivity index (χ1) is 13.0. The van der Waals surface area contributed by atoms with Crippen LogP contribution in [0.2, 0.25) is 0 Å². The van der Waals surface area contributed by atoms with Crippen LogP contribution < -0.4 is 5.56 Å². The molecule has 0 radical (unpaired) electrons. The molecule has 1 aromatic carbocycles. The van der Waals surface area contributed by atoms with Crippen LogP contribution in [0.25, 0.3) is 11.0 Å². The van der Waals surface area contributed by atoms with E-state index in [0.29, 0.717) is 17.6 Å². The highest BCUT2D eigenvalue weighted by Gasteiger charge is 2.26. The van der Waals surface area contributed by atoms with Gasteiger partial charge in [-0.1, -0.05) is 31.2 Å². The van der Waals surface area contributed by atoms with Crippen molar-refractivity contribution in [3.8, 4) is 0 Å². The minimum atomic E-state index is -0.0652. The SMILES string of the molecule is Cc1ccccc1[C@H](Cn1cnc2cn(C)nc2c1=O)N1CCC(C)CC1. The number of hydrogen-bond acceptors (Lipinski definition) is 4. The average Bonchev–Trinajstić information content (AvgIpc) is 3.04. The average molecular weight is 365 g/mol. The van der Waals surface area contributed by atoms with E-state index in [9.17, 15) is 4.79 Å². The number of aryl methyl sites for hydroxylation is 2. The first-order valence-corrected chi connectivity index (χ1v) is 9.71. The van der Waals surface area contributed by atoms with Gasteiger partial charge < -0.3 is 0 Å². The second-order valence-corrected chi connectivity index (χ2v) is 7.83. The van der Waals surface area contributed by atoms with E-state index in [2.05, 4.69) is 53.1 Å². The van der Waals surface area contributed by atoms with Crippen molar-refractivity contribution in [1.29, 1.82) is 0 Å². The van der Waals surface area contributed by atoms with E-state index in [1.807, 2.05) is 7.05 Å². The molecule has 1 aliphatic rings. The van der Waals surface area contributed by atoms with Gasteiger partial charge in [-0.25, -0.2) is 4.98 Å². The topological polar surface area (TPSA) is 56.0 Å². The fraction of sp³-hybridized carbons (Fsp3) is 0.476. The molecular weight excluding hydrogens is 338 g/mol. The van der Waals surface area contributed by atoms with Gasteiger partial charge in [-0.15, -0.1) is 0 Å². The van der Waals surface area contributed by atoms with E-state index in [1.165, 1.54) is 24.0 Å². The van der Waals surface area contributed by atoms with E-state index in [4.69, 9.17) is 0 Å². The number of aromatic nitrogens is 4. The molecule has 0 spiro atoms. The quantitative estimate of drug-likeness (QED) is 0.713. The molecule has 4 rings (SSSR count). The van der Waals surface area contributed by atoms with Crippen molar-refractivity contribution in [2.75, 3.05) is 13.1 Å².